The molecule has 1 aliphatic heterocycles. The summed E-state index contributed by atoms with van der Waals surface area (Å²) in [4.78, 5) is 13.5. The standard InChI is InChI=1S/C19H19FN6O4S/c20-15-3-1-14(2-4-15)19-22-24-26(23-19)13-18(27)21-16-5-7-17(8-6-16)31(28,29)25-9-11-30-12-10-25/h1-8H,9-13H2,(H,21,27). The van der Waals surface area contributed by atoms with Crippen LogP contribution < -0.4 is 5.32 Å². The number of benzene rings is 2. The molecule has 1 saturated heterocycles. The van der Waals surface area contributed by atoms with Crippen molar-refractivity contribution in [2.45, 2.75) is 11.4 Å². The number of amides is 1. The van der Waals surface area contributed by atoms with Crippen molar-refractivity contribution in [1.29, 1.82) is 0 Å². The second kappa shape index (κ2) is 8.88. The first-order valence-corrected chi connectivity index (χ1v) is 10.9. The van der Waals surface area contributed by atoms with Crippen molar-refractivity contribution < 1.29 is 22.3 Å². The third-order valence-electron chi connectivity index (χ3n) is 4.59. The maximum Gasteiger partial charge on any atom is 0.248 e. The van der Waals surface area contributed by atoms with E-state index in [0.29, 0.717) is 37.6 Å². The van der Waals surface area contributed by atoms with E-state index in [4.69, 9.17) is 4.74 Å². The van der Waals surface area contributed by atoms with Crippen LogP contribution in [0.1, 0.15) is 0 Å². The fourth-order valence-corrected chi connectivity index (χ4v) is 4.41. The molecule has 2 aromatic carbocycles. The lowest BCUT2D eigenvalue weighted by molar-refractivity contribution is -0.117. The summed E-state index contributed by atoms with van der Waals surface area (Å²) in [6, 6.07) is 11.5. The minimum Gasteiger partial charge on any atom is -0.379 e. The fraction of sp³-hybridized carbons (Fsp3) is 0.263. The molecule has 0 spiro atoms. The number of nitrogens with zero attached hydrogens (tertiary/aromatic N) is 5. The molecule has 0 aliphatic carbocycles. The van der Waals surface area contributed by atoms with Crippen LogP contribution >= 0.6 is 0 Å². The molecule has 3 aromatic rings. The van der Waals surface area contributed by atoms with E-state index >= 15 is 0 Å². The number of halogens is 1. The summed E-state index contributed by atoms with van der Waals surface area (Å²) < 4.78 is 44.8. The van der Waals surface area contributed by atoms with Crippen molar-refractivity contribution in [1.82, 2.24) is 24.5 Å². The summed E-state index contributed by atoms with van der Waals surface area (Å²) in [5.74, 6) is -0.517. The molecule has 0 radical (unpaired) electrons. The molecule has 1 amide bonds. The van der Waals surface area contributed by atoms with Gasteiger partial charge in [-0.25, -0.2) is 12.8 Å². The number of rotatable bonds is 6. The van der Waals surface area contributed by atoms with Crippen LogP contribution in [0.2, 0.25) is 0 Å². The average molecular weight is 446 g/mol. The van der Waals surface area contributed by atoms with E-state index in [0.717, 1.165) is 4.80 Å². The van der Waals surface area contributed by atoms with Crippen LogP contribution in [0.5, 0.6) is 0 Å². The molecule has 0 atom stereocenters. The van der Waals surface area contributed by atoms with Gasteiger partial charge in [-0.15, -0.1) is 10.2 Å². The Morgan fingerprint density at radius 2 is 1.74 bits per heavy atom. The third-order valence-corrected chi connectivity index (χ3v) is 6.50. The van der Waals surface area contributed by atoms with Gasteiger partial charge in [-0.3, -0.25) is 4.79 Å². The number of sulfonamides is 1. The number of carbonyl (C=O) groups is 1. The topological polar surface area (TPSA) is 119 Å². The van der Waals surface area contributed by atoms with Crippen LogP contribution in [-0.4, -0.2) is 65.1 Å². The van der Waals surface area contributed by atoms with Gasteiger partial charge >= 0.3 is 0 Å². The van der Waals surface area contributed by atoms with Crippen LogP contribution in [0.4, 0.5) is 10.1 Å². The monoisotopic (exact) mass is 446 g/mol. The second-order valence-electron chi connectivity index (χ2n) is 6.74. The number of hydrogen-bond donors (Lipinski definition) is 1. The lowest BCUT2D eigenvalue weighted by atomic mass is 10.2. The molecule has 31 heavy (non-hydrogen) atoms. The van der Waals surface area contributed by atoms with E-state index in [1.807, 2.05) is 0 Å². The molecule has 4 rings (SSSR count). The minimum absolute atomic E-state index is 0.147. The highest BCUT2D eigenvalue weighted by molar-refractivity contribution is 7.89. The zero-order chi connectivity index (χ0) is 21.8. The van der Waals surface area contributed by atoms with Gasteiger partial charge in [-0.05, 0) is 53.7 Å². The maximum absolute atomic E-state index is 13.0. The molecular weight excluding hydrogens is 427 g/mol. The Kier molecular flexibility index (Phi) is 6.02. The molecule has 0 bridgehead atoms. The smallest absolute Gasteiger partial charge is 0.248 e. The van der Waals surface area contributed by atoms with Gasteiger partial charge in [0.15, 0.2) is 0 Å². The SMILES string of the molecule is O=C(Cn1nnc(-c2ccc(F)cc2)n1)Nc1ccc(S(=O)(=O)N2CCOCC2)cc1. The molecule has 0 saturated carbocycles. The average Bonchev–Trinajstić information content (AvgIpc) is 3.23. The lowest BCUT2D eigenvalue weighted by Crippen LogP contribution is -2.40. The van der Waals surface area contributed by atoms with Crippen molar-refractivity contribution in [2.24, 2.45) is 0 Å². The number of anilines is 1. The Morgan fingerprint density at radius 3 is 2.42 bits per heavy atom. The molecular formula is C19H19FN6O4S. The highest BCUT2D eigenvalue weighted by atomic mass is 32.2. The second-order valence-corrected chi connectivity index (χ2v) is 8.68. The Hall–Kier alpha value is -3.22. The normalized spacial score (nSPS) is 15.0. The number of ether oxygens (including phenoxy) is 1. The number of aromatic nitrogens is 4. The predicted molar refractivity (Wildman–Crippen MR) is 108 cm³/mol. The van der Waals surface area contributed by atoms with Crippen LogP contribution in [0, 0.1) is 5.82 Å². The van der Waals surface area contributed by atoms with Crippen molar-refractivity contribution >= 4 is 21.6 Å². The van der Waals surface area contributed by atoms with Gasteiger partial charge in [0, 0.05) is 24.3 Å². The van der Waals surface area contributed by atoms with E-state index in [9.17, 15) is 17.6 Å². The number of morpholine rings is 1. The first-order chi connectivity index (χ1) is 14.9. The van der Waals surface area contributed by atoms with E-state index in [1.54, 1.807) is 0 Å². The Morgan fingerprint density at radius 1 is 1.06 bits per heavy atom. The highest BCUT2D eigenvalue weighted by Crippen LogP contribution is 2.19. The van der Waals surface area contributed by atoms with Gasteiger partial charge < -0.3 is 10.1 Å². The van der Waals surface area contributed by atoms with Crippen molar-refractivity contribution in [3.8, 4) is 11.4 Å². The van der Waals surface area contributed by atoms with Gasteiger partial charge in [0.1, 0.15) is 12.4 Å². The molecule has 1 N–H and O–H groups in total. The van der Waals surface area contributed by atoms with E-state index in [2.05, 4.69) is 20.7 Å². The summed E-state index contributed by atoms with van der Waals surface area (Å²) in [6.45, 7) is 1.17. The molecule has 1 aromatic heterocycles. The van der Waals surface area contributed by atoms with Gasteiger partial charge in [-0.2, -0.15) is 9.10 Å². The van der Waals surface area contributed by atoms with Crippen LogP contribution in [-0.2, 0) is 26.1 Å². The summed E-state index contributed by atoms with van der Waals surface area (Å²) in [5.41, 5.74) is 1.01. The number of nitrogens with one attached hydrogen (secondary N) is 1. The number of hydrogen-bond acceptors (Lipinski definition) is 7. The van der Waals surface area contributed by atoms with Crippen molar-refractivity contribution in [3.63, 3.8) is 0 Å². The Balaban J connectivity index is 1.37. The third kappa shape index (κ3) is 4.93. The number of carbonyl (C=O) groups excluding carboxylic acids is 1. The van der Waals surface area contributed by atoms with Crippen LogP contribution in [0.3, 0.4) is 0 Å². The molecule has 162 valence electrons. The van der Waals surface area contributed by atoms with Gasteiger partial charge in [-0.1, -0.05) is 0 Å². The highest BCUT2D eigenvalue weighted by Gasteiger charge is 2.26. The van der Waals surface area contributed by atoms with Gasteiger partial charge in [0.25, 0.3) is 0 Å². The molecule has 2 heterocycles. The van der Waals surface area contributed by atoms with Gasteiger partial charge in [0.05, 0.1) is 18.1 Å². The lowest BCUT2D eigenvalue weighted by Gasteiger charge is -2.26. The minimum atomic E-state index is -3.60. The number of tetrazole rings is 1. The van der Waals surface area contributed by atoms with Crippen molar-refractivity contribution in [3.05, 3.63) is 54.3 Å². The first-order valence-electron chi connectivity index (χ1n) is 9.43. The molecule has 12 heteroatoms. The molecule has 0 unspecified atom stereocenters. The predicted octanol–water partition coefficient (Wildman–Crippen LogP) is 1.14. The molecule has 10 nitrogen and oxygen atoms in total. The Bertz CT molecular complexity index is 1160. The van der Waals surface area contributed by atoms with E-state index < -0.39 is 15.9 Å². The fourth-order valence-electron chi connectivity index (χ4n) is 3.00. The summed E-state index contributed by atoms with van der Waals surface area (Å²) >= 11 is 0. The quantitative estimate of drug-likeness (QED) is 0.603. The van der Waals surface area contributed by atoms with Crippen LogP contribution in [0.15, 0.2) is 53.4 Å². The molecule has 1 aliphatic rings. The van der Waals surface area contributed by atoms with Gasteiger partial charge in [0.2, 0.25) is 21.8 Å². The zero-order valence-corrected chi connectivity index (χ0v) is 17.1. The van der Waals surface area contributed by atoms with E-state index in [-0.39, 0.29) is 23.1 Å². The summed E-state index contributed by atoms with van der Waals surface area (Å²) in [7, 11) is -3.60. The maximum atomic E-state index is 13.0. The van der Waals surface area contributed by atoms with Crippen molar-refractivity contribution in [2.75, 3.05) is 31.6 Å². The zero-order valence-electron chi connectivity index (χ0n) is 16.3. The Labute approximate surface area is 177 Å². The summed E-state index contributed by atoms with van der Waals surface area (Å²) in [5, 5.41) is 14.4. The summed E-state index contributed by atoms with van der Waals surface area (Å²) in [6.07, 6.45) is 0. The first kappa shape index (κ1) is 21.0. The van der Waals surface area contributed by atoms with E-state index in [1.165, 1.54) is 52.8 Å². The largest absolute Gasteiger partial charge is 0.379 e. The molecule has 1 fully saturated rings. The van der Waals surface area contributed by atoms with Crippen LogP contribution in [0.25, 0.3) is 11.4 Å².